The van der Waals surface area contributed by atoms with E-state index in [2.05, 4.69) is 39.9 Å². The van der Waals surface area contributed by atoms with Crippen molar-refractivity contribution in [3.05, 3.63) is 64.4 Å². The summed E-state index contributed by atoms with van der Waals surface area (Å²) in [7, 11) is 0. The lowest BCUT2D eigenvalue weighted by molar-refractivity contribution is 0.238. The van der Waals surface area contributed by atoms with Gasteiger partial charge in [0.2, 0.25) is 0 Å². The zero-order valence-corrected chi connectivity index (χ0v) is 17.1. The van der Waals surface area contributed by atoms with Crippen LogP contribution in [0.2, 0.25) is 5.02 Å². The van der Waals surface area contributed by atoms with Gasteiger partial charge in [-0.2, -0.15) is 0 Å². The second-order valence-corrected chi connectivity index (χ2v) is 9.08. The minimum atomic E-state index is -0.244. The van der Waals surface area contributed by atoms with Crippen LogP contribution in [0.5, 0.6) is 5.75 Å². The van der Waals surface area contributed by atoms with Crippen LogP contribution < -0.4 is 10.1 Å². The molecule has 4 heteroatoms. The fraction of sp³-hybridized carbons (Fsp3) is 0.455. The molecule has 0 amide bonds. The molecule has 0 radical (unpaired) electrons. The molecule has 0 atom stereocenters. The topological polar surface area (TPSA) is 21.3 Å². The summed E-state index contributed by atoms with van der Waals surface area (Å²) in [4.78, 5) is 0. The van der Waals surface area contributed by atoms with Crippen molar-refractivity contribution in [1.29, 1.82) is 0 Å². The van der Waals surface area contributed by atoms with Crippen LogP contribution in [-0.2, 0) is 13.2 Å². The van der Waals surface area contributed by atoms with Gasteiger partial charge in [0.05, 0.1) is 0 Å². The lowest BCUT2D eigenvalue weighted by Crippen LogP contribution is -2.41. The molecule has 0 aromatic heterocycles. The van der Waals surface area contributed by atoms with Gasteiger partial charge in [-0.05, 0) is 61.6 Å². The van der Waals surface area contributed by atoms with Crippen molar-refractivity contribution in [2.75, 3.05) is 0 Å². The first-order valence-electron chi connectivity index (χ1n) is 8.95. The predicted octanol–water partition coefficient (Wildman–Crippen LogP) is 6.36. The summed E-state index contributed by atoms with van der Waals surface area (Å²) in [6.45, 7) is 12.2. The summed E-state index contributed by atoms with van der Waals surface area (Å²) in [5.74, 6) is 0.545. The number of hydrogen-bond donors (Lipinski definition) is 1. The van der Waals surface area contributed by atoms with Crippen LogP contribution in [0.25, 0.3) is 0 Å². The average Bonchev–Trinajstić information content (AvgIpc) is 2.51. The molecule has 0 fully saturated rings. The molecule has 2 aromatic rings. The van der Waals surface area contributed by atoms with Gasteiger partial charge >= 0.3 is 0 Å². The van der Waals surface area contributed by atoms with Gasteiger partial charge in [-0.1, -0.05) is 44.5 Å². The van der Waals surface area contributed by atoms with Gasteiger partial charge < -0.3 is 10.1 Å². The number of hydrogen-bond acceptors (Lipinski definition) is 2. The van der Waals surface area contributed by atoms with Crippen molar-refractivity contribution in [1.82, 2.24) is 5.32 Å². The van der Waals surface area contributed by atoms with Gasteiger partial charge in [0.15, 0.2) is 0 Å². The quantitative estimate of drug-likeness (QED) is 0.605. The molecular formula is C22H29ClFNO. The summed E-state index contributed by atoms with van der Waals surface area (Å²) in [6.07, 6.45) is 1.05. The second kappa shape index (κ2) is 8.41. The Morgan fingerprint density at radius 1 is 1.00 bits per heavy atom. The van der Waals surface area contributed by atoms with Crippen molar-refractivity contribution in [2.24, 2.45) is 5.41 Å². The molecule has 0 spiro atoms. The third-order valence-electron chi connectivity index (χ3n) is 4.06. The minimum absolute atomic E-state index is 0.00516. The molecule has 0 bridgehead atoms. The molecule has 0 unspecified atom stereocenters. The maximum Gasteiger partial charge on any atom is 0.124 e. The molecule has 2 nitrogen and oxygen atoms in total. The van der Waals surface area contributed by atoms with Gasteiger partial charge in [0.25, 0.3) is 0 Å². The van der Waals surface area contributed by atoms with E-state index < -0.39 is 0 Å². The lowest BCUT2D eigenvalue weighted by Gasteiger charge is -2.33. The number of ether oxygens (including phenoxy) is 1. The van der Waals surface area contributed by atoms with Crippen molar-refractivity contribution in [2.45, 2.75) is 59.7 Å². The maximum absolute atomic E-state index is 13.0. The maximum atomic E-state index is 13.0. The van der Waals surface area contributed by atoms with Crippen molar-refractivity contribution in [3.63, 3.8) is 0 Å². The van der Waals surface area contributed by atoms with Crippen molar-refractivity contribution >= 4 is 11.6 Å². The normalized spacial score (nSPS) is 12.3. The Balaban J connectivity index is 2.05. The highest BCUT2D eigenvalue weighted by molar-refractivity contribution is 6.30. The van der Waals surface area contributed by atoms with E-state index >= 15 is 0 Å². The average molecular weight is 378 g/mol. The largest absolute Gasteiger partial charge is 0.489 e. The SMILES string of the molecule is CC(C)(C)CC(C)(C)NCc1cc(Cl)ccc1OCc1ccc(F)cc1. The molecule has 26 heavy (non-hydrogen) atoms. The summed E-state index contributed by atoms with van der Waals surface area (Å²) in [6, 6.07) is 12.0. The molecule has 0 aliphatic rings. The molecular weight excluding hydrogens is 349 g/mol. The van der Waals surface area contributed by atoms with E-state index in [-0.39, 0.29) is 16.8 Å². The van der Waals surface area contributed by atoms with Crippen LogP contribution in [0.15, 0.2) is 42.5 Å². The fourth-order valence-electron chi connectivity index (χ4n) is 3.29. The summed E-state index contributed by atoms with van der Waals surface area (Å²) < 4.78 is 19.0. The van der Waals surface area contributed by atoms with E-state index in [0.717, 1.165) is 23.3 Å². The lowest BCUT2D eigenvalue weighted by atomic mass is 9.82. The Morgan fingerprint density at radius 3 is 2.27 bits per heavy atom. The van der Waals surface area contributed by atoms with Crippen LogP contribution in [0.4, 0.5) is 4.39 Å². The first-order valence-corrected chi connectivity index (χ1v) is 9.33. The Labute approximate surface area is 161 Å². The van der Waals surface area contributed by atoms with E-state index in [4.69, 9.17) is 16.3 Å². The van der Waals surface area contributed by atoms with Crippen LogP contribution in [-0.4, -0.2) is 5.54 Å². The molecule has 2 aromatic carbocycles. The molecule has 142 valence electrons. The Morgan fingerprint density at radius 2 is 1.65 bits per heavy atom. The smallest absolute Gasteiger partial charge is 0.124 e. The summed E-state index contributed by atoms with van der Waals surface area (Å²) in [5, 5.41) is 4.30. The number of rotatable bonds is 7. The molecule has 0 aliphatic carbocycles. The van der Waals surface area contributed by atoms with Gasteiger partial charge in [-0.15, -0.1) is 0 Å². The van der Waals surface area contributed by atoms with Gasteiger partial charge in [0, 0.05) is 22.7 Å². The monoisotopic (exact) mass is 377 g/mol. The Bertz CT molecular complexity index is 720. The Hall–Kier alpha value is -1.58. The molecule has 0 heterocycles. The highest BCUT2D eigenvalue weighted by Crippen LogP contribution is 2.29. The molecule has 1 N–H and O–H groups in total. The van der Waals surface area contributed by atoms with Crippen molar-refractivity contribution in [3.8, 4) is 5.75 Å². The highest BCUT2D eigenvalue weighted by atomic mass is 35.5. The third kappa shape index (κ3) is 6.97. The summed E-state index contributed by atoms with van der Waals surface area (Å²) in [5.41, 5.74) is 2.18. The van der Waals surface area contributed by atoms with Crippen LogP contribution >= 0.6 is 11.6 Å². The zero-order valence-electron chi connectivity index (χ0n) is 16.3. The number of nitrogens with one attached hydrogen (secondary N) is 1. The Kier molecular flexibility index (Phi) is 6.70. The molecule has 0 saturated heterocycles. The van der Waals surface area contributed by atoms with Gasteiger partial charge in [-0.3, -0.25) is 0 Å². The predicted molar refractivity (Wildman–Crippen MR) is 107 cm³/mol. The first-order chi connectivity index (χ1) is 12.0. The van der Waals surface area contributed by atoms with Gasteiger partial charge in [0.1, 0.15) is 18.2 Å². The summed E-state index contributed by atoms with van der Waals surface area (Å²) >= 11 is 6.18. The van der Waals surface area contributed by atoms with Crippen LogP contribution in [0, 0.1) is 11.2 Å². The second-order valence-electron chi connectivity index (χ2n) is 8.64. The highest BCUT2D eigenvalue weighted by Gasteiger charge is 2.25. The standard InChI is InChI=1S/C22H29ClFNO/c1-21(2,3)15-22(4,5)25-13-17-12-18(23)8-11-20(17)26-14-16-6-9-19(24)10-7-16/h6-12,25H,13-15H2,1-5H3. The number of benzene rings is 2. The van der Waals surface area contributed by atoms with E-state index in [1.807, 2.05) is 18.2 Å². The molecule has 2 rings (SSSR count). The molecule has 0 aliphatic heterocycles. The van der Waals surface area contributed by atoms with E-state index in [1.165, 1.54) is 12.1 Å². The minimum Gasteiger partial charge on any atom is -0.489 e. The number of halogens is 2. The van der Waals surface area contributed by atoms with E-state index in [9.17, 15) is 4.39 Å². The third-order valence-corrected chi connectivity index (χ3v) is 4.29. The molecule has 0 saturated carbocycles. The van der Waals surface area contributed by atoms with E-state index in [0.29, 0.717) is 18.2 Å². The van der Waals surface area contributed by atoms with Gasteiger partial charge in [-0.25, -0.2) is 4.39 Å². The first kappa shape index (κ1) is 20.7. The van der Waals surface area contributed by atoms with Crippen LogP contribution in [0.3, 0.4) is 0 Å². The van der Waals surface area contributed by atoms with Crippen molar-refractivity contribution < 1.29 is 9.13 Å². The fourth-order valence-corrected chi connectivity index (χ4v) is 3.49. The van der Waals surface area contributed by atoms with E-state index in [1.54, 1.807) is 12.1 Å². The van der Waals surface area contributed by atoms with Crippen LogP contribution in [0.1, 0.15) is 52.2 Å². The zero-order chi connectivity index (χ0) is 19.4.